The Labute approximate surface area is 133 Å². The molecule has 1 heterocycles. The van der Waals surface area contributed by atoms with Crippen molar-refractivity contribution in [3.63, 3.8) is 0 Å². The van der Waals surface area contributed by atoms with Crippen LogP contribution in [0.2, 0.25) is 0 Å². The smallest absolute Gasteiger partial charge is 0.261 e. The van der Waals surface area contributed by atoms with E-state index in [-0.39, 0.29) is 51.3 Å². The number of carbonyl (C=O) groups excluding carboxylic acids is 2. The summed E-state index contributed by atoms with van der Waals surface area (Å²) in [4.78, 5) is 35.8. The molecule has 0 bridgehead atoms. The SMILES string of the molecule is O=C1c2ccccc2C(=O)N1CCCN(OCCO)OCCO. The van der Waals surface area contributed by atoms with Crippen LogP contribution in [0, 0.1) is 0 Å². The highest BCUT2D eigenvalue weighted by atomic mass is 16.9. The Bertz CT molecular complexity index is 508. The number of hydroxylamine groups is 2. The van der Waals surface area contributed by atoms with Crippen molar-refractivity contribution in [1.82, 2.24) is 10.1 Å². The average molecular weight is 324 g/mol. The van der Waals surface area contributed by atoms with Gasteiger partial charge in [0.25, 0.3) is 11.8 Å². The number of aliphatic hydroxyl groups is 2. The molecule has 1 aromatic rings. The maximum Gasteiger partial charge on any atom is 0.261 e. The topological polar surface area (TPSA) is 99.5 Å². The number of hydrogen-bond donors (Lipinski definition) is 2. The lowest BCUT2D eigenvalue weighted by molar-refractivity contribution is -0.371. The van der Waals surface area contributed by atoms with Crippen molar-refractivity contribution in [3.8, 4) is 0 Å². The molecular weight excluding hydrogens is 304 g/mol. The van der Waals surface area contributed by atoms with Crippen LogP contribution >= 0.6 is 0 Å². The third-order valence-corrected chi connectivity index (χ3v) is 3.25. The van der Waals surface area contributed by atoms with Crippen molar-refractivity contribution in [2.45, 2.75) is 6.42 Å². The first-order valence-corrected chi connectivity index (χ1v) is 7.39. The van der Waals surface area contributed by atoms with Gasteiger partial charge in [-0.05, 0) is 18.6 Å². The molecule has 8 nitrogen and oxygen atoms in total. The van der Waals surface area contributed by atoms with Crippen molar-refractivity contribution in [2.24, 2.45) is 0 Å². The molecule has 0 aromatic heterocycles. The lowest BCUT2D eigenvalue weighted by Crippen LogP contribution is -2.34. The van der Waals surface area contributed by atoms with Crippen LogP contribution in [0.15, 0.2) is 24.3 Å². The van der Waals surface area contributed by atoms with Gasteiger partial charge in [0.05, 0.1) is 44.1 Å². The number of aliphatic hydroxyl groups excluding tert-OH is 2. The predicted molar refractivity (Wildman–Crippen MR) is 79.2 cm³/mol. The van der Waals surface area contributed by atoms with Gasteiger partial charge >= 0.3 is 0 Å². The minimum Gasteiger partial charge on any atom is -0.394 e. The van der Waals surface area contributed by atoms with Crippen molar-refractivity contribution < 1.29 is 29.5 Å². The number of benzene rings is 1. The average Bonchev–Trinajstić information content (AvgIpc) is 2.82. The van der Waals surface area contributed by atoms with Crippen LogP contribution in [0.1, 0.15) is 27.1 Å². The van der Waals surface area contributed by atoms with Gasteiger partial charge in [-0.15, -0.1) is 0 Å². The summed E-state index contributed by atoms with van der Waals surface area (Å²) in [5.74, 6) is -0.602. The Kier molecular flexibility index (Phi) is 6.63. The summed E-state index contributed by atoms with van der Waals surface area (Å²) >= 11 is 0. The lowest BCUT2D eigenvalue weighted by atomic mass is 10.1. The fourth-order valence-electron chi connectivity index (χ4n) is 2.25. The van der Waals surface area contributed by atoms with Crippen LogP contribution < -0.4 is 0 Å². The minimum absolute atomic E-state index is 0.0540. The second-order valence-electron chi connectivity index (χ2n) is 4.83. The quantitative estimate of drug-likeness (QED) is 0.455. The van der Waals surface area contributed by atoms with Crippen molar-refractivity contribution in [2.75, 3.05) is 39.5 Å². The maximum absolute atomic E-state index is 12.2. The Morgan fingerprint density at radius 3 is 1.96 bits per heavy atom. The van der Waals surface area contributed by atoms with Crippen LogP contribution in [0.5, 0.6) is 0 Å². The Morgan fingerprint density at radius 2 is 1.48 bits per heavy atom. The summed E-state index contributed by atoms with van der Waals surface area (Å²) in [7, 11) is 0. The van der Waals surface area contributed by atoms with Gasteiger partial charge < -0.3 is 10.2 Å². The van der Waals surface area contributed by atoms with E-state index in [1.165, 1.54) is 4.90 Å². The summed E-state index contributed by atoms with van der Waals surface area (Å²) in [6.07, 6.45) is 0.433. The van der Waals surface area contributed by atoms with Gasteiger partial charge in [0.2, 0.25) is 0 Å². The lowest BCUT2D eigenvalue weighted by Gasteiger charge is -2.21. The summed E-state index contributed by atoms with van der Waals surface area (Å²) in [5.41, 5.74) is 0.838. The monoisotopic (exact) mass is 324 g/mol. The van der Waals surface area contributed by atoms with Crippen molar-refractivity contribution in [3.05, 3.63) is 35.4 Å². The van der Waals surface area contributed by atoms with E-state index in [2.05, 4.69) is 0 Å². The number of fused-ring (bicyclic) bond motifs is 1. The maximum atomic E-state index is 12.2. The number of hydrogen-bond acceptors (Lipinski definition) is 7. The molecule has 0 fully saturated rings. The van der Waals surface area contributed by atoms with Gasteiger partial charge in [0.1, 0.15) is 0 Å². The first kappa shape index (κ1) is 17.5. The Balaban J connectivity index is 1.86. The van der Waals surface area contributed by atoms with E-state index >= 15 is 0 Å². The summed E-state index contributed by atoms with van der Waals surface area (Å²) in [5, 5.41) is 18.7. The minimum atomic E-state index is -0.301. The zero-order chi connectivity index (χ0) is 16.7. The fourth-order valence-corrected chi connectivity index (χ4v) is 2.25. The predicted octanol–water partition coefficient (Wildman–Crippen LogP) is -0.178. The Morgan fingerprint density at radius 1 is 0.957 bits per heavy atom. The van der Waals surface area contributed by atoms with E-state index in [4.69, 9.17) is 19.9 Å². The fraction of sp³-hybridized carbons (Fsp3) is 0.467. The number of imide groups is 1. The number of rotatable bonds is 10. The largest absolute Gasteiger partial charge is 0.394 e. The van der Waals surface area contributed by atoms with Crippen LogP contribution in [0.3, 0.4) is 0 Å². The van der Waals surface area contributed by atoms with Crippen molar-refractivity contribution in [1.29, 1.82) is 0 Å². The molecule has 2 rings (SSSR count). The summed E-state index contributed by atoms with van der Waals surface area (Å²) < 4.78 is 0. The molecule has 8 heteroatoms. The molecule has 0 spiro atoms. The molecule has 0 atom stereocenters. The van der Waals surface area contributed by atoms with Crippen LogP contribution in [0.4, 0.5) is 0 Å². The molecular formula is C15H20N2O6. The van der Waals surface area contributed by atoms with E-state index in [9.17, 15) is 9.59 Å². The van der Waals surface area contributed by atoms with E-state index < -0.39 is 0 Å². The molecule has 126 valence electrons. The van der Waals surface area contributed by atoms with Crippen molar-refractivity contribution >= 4 is 11.8 Å². The number of nitrogens with zero attached hydrogens (tertiary/aromatic N) is 2. The molecule has 1 aliphatic heterocycles. The van der Waals surface area contributed by atoms with Crippen LogP contribution in [-0.4, -0.2) is 71.7 Å². The summed E-state index contributed by atoms with van der Waals surface area (Å²) in [6.45, 7) is 0.285. The van der Waals surface area contributed by atoms with Gasteiger partial charge in [-0.1, -0.05) is 17.4 Å². The second-order valence-corrected chi connectivity index (χ2v) is 4.83. The Hall–Kier alpha value is -1.84. The van der Waals surface area contributed by atoms with Crippen LogP contribution in [-0.2, 0) is 9.68 Å². The summed E-state index contributed by atoms with van der Waals surface area (Å²) in [6, 6.07) is 6.72. The van der Waals surface area contributed by atoms with Gasteiger partial charge in [-0.25, -0.2) is 0 Å². The molecule has 2 N–H and O–H groups in total. The first-order valence-electron chi connectivity index (χ1n) is 7.39. The highest BCUT2D eigenvalue weighted by Gasteiger charge is 2.34. The standard InChI is InChI=1S/C15H20N2O6/c18-8-10-22-17(23-11-9-19)7-3-6-16-14(20)12-4-1-2-5-13(12)15(16)21/h1-2,4-5,18-19H,3,6-11H2. The highest BCUT2D eigenvalue weighted by molar-refractivity contribution is 6.21. The molecule has 0 radical (unpaired) electrons. The third-order valence-electron chi connectivity index (χ3n) is 3.25. The highest BCUT2D eigenvalue weighted by Crippen LogP contribution is 2.22. The molecule has 1 aliphatic rings. The zero-order valence-corrected chi connectivity index (χ0v) is 12.7. The second kappa shape index (κ2) is 8.70. The van der Waals surface area contributed by atoms with Gasteiger partial charge in [0, 0.05) is 6.54 Å². The molecule has 0 aliphatic carbocycles. The number of carbonyl (C=O) groups is 2. The molecule has 2 amide bonds. The molecule has 0 saturated heterocycles. The van der Waals surface area contributed by atoms with Gasteiger partial charge in [-0.3, -0.25) is 24.2 Å². The van der Waals surface area contributed by atoms with E-state index in [0.29, 0.717) is 17.5 Å². The first-order chi connectivity index (χ1) is 11.2. The van der Waals surface area contributed by atoms with Crippen LogP contribution in [0.25, 0.3) is 0 Å². The molecule has 0 unspecified atom stereocenters. The van der Waals surface area contributed by atoms with Gasteiger partial charge in [-0.2, -0.15) is 0 Å². The van der Waals surface area contributed by atoms with E-state index in [1.807, 2.05) is 0 Å². The molecule has 1 aromatic carbocycles. The normalized spacial score (nSPS) is 14.0. The van der Waals surface area contributed by atoms with Gasteiger partial charge in [0.15, 0.2) is 0 Å². The molecule has 23 heavy (non-hydrogen) atoms. The third kappa shape index (κ3) is 4.34. The molecule has 0 saturated carbocycles. The number of amides is 2. The zero-order valence-electron chi connectivity index (χ0n) is 12.7. The van der Waals surface area contributed by atoms with E-state index in [0.717, 1.165) is 5.23 Å². The van der Waals surface area contributed by atoms with E-state index in [1.54, 1.807) is 24.3 Å².